The summed E-state index contributed by atoms with van der Waals surface area (Å²) in [5.74, 6) is 0. The molecule has 2 N–H and O–H groups in total. The first-order valence-corrected chi connectivity index (χ1v) is 5.90. The molecule has 0 saturated heterocycles. The van der Waals surface area contributed by atoms with Crippen LogP contribution >= 0.6 is 27.3 Å². The van der Waals surface area contributed by atoms with Gasteiger partial charge in [0, 0.05) is 5.38 Å². The molecule has 84 valence electrons. The van der Waals surface area contributed by atoms with Crippen LogP contribution in [0, 0.1) is 0 Å². The molecule has 0 aromatic carbocycles. The van der Waals surface area contributed by atoms with Crippen LogP contribution in [0.1, 0.15) is 20.8 Å². The van der Waals surface area contributed by atoms with Gasteiger partial charge in [0.25, 0.3) is 0 Å². The standard InChI is InChI=1S/C8H12BrN3O2S/c1-8(2,3)14-7(13)12-11-6-10-5(9)4-15-6/h4H,1-3H3,(H,10,11)(H,12,13). The van der Waals surface area contributed by atoms with E-state index in [9.17, 15) is 4.79 Å². The van der Waals surface area contributed by atoms with Gasteiger partial charge in [-0.3, -0.25) is 5.43 Å². The Morgan fingerprint density at radius 2 is 2.27 bits per heavy atom. The normalized spacial score (nSPS) is 10.9. The smallest absolute Gasteiger partial charge is 0.426 e. The van der Waals surface area contributed by atoms with Gasteiger partial charge in [-0.1, -0.05) is 0 Å². The lowest BCUT2D eigenvalue weighted by atomic mass is 10.2. The Bertz CT molecular complexity index is 348. The Labute approximate surface area is 100 Å². The highest BCUT2D eigenvalue weighted by atomic mass is 79.9. The van der Waals surface area contributed by atoms with Crippen molar-refractivity contribution in [3.05, 3.63) is 9.98 Å². The summed E-state index contributed by atoms with van der Waals surface area (Å²) in [7, 11) is 0. The molecule has 0 aliphatic carbocycles. The van der Waals surface area contributed by atoms with Crippen LogP contribution in [0.2, 0.25) is 0 Å². The number of hydrogen-bond acceptors (Lipinski definition) is 5. The second-order valence-electron chi connectivity index (χ2n) is 3.73. The fourth-order valence-corrected chi connectivity index (χ4v) is 1.82. The molecule has 5 nitrogen and oxygen atoms in total. The van der Waals surface area contributed by atoms with Crippen LogP contribution in [0.15, 0.2) is 9.98 Å². The number of ether oxygens (including phenoxy) is 1. The van der Waals surface area contributed by atoms with Crippen molar-refractivity contribution < 1.29 is 9.53 Å². The van der Waals surface area contributed by atoms with E-state index in [2.05, 4.69) is 31.8 Å². The molecular formula is C8H12BrN3O2S. The molecule has 1 rings (SSSR count). The van der Waals surface area contributed by atoms with Crippen molar-refractivity contribution in [1.82, 2.24) is 10.4 Å². The number of aromatic nitrogens is 1. The van der Waals surface area contributed by atoms with Crippen molar-refractivity contribution in [3.8, 4) is 0 Å². The van der Waals surface area contributed by atoms with Gasteiger partial charge in [-0.25, -0.2) is 15.2 Å². The van der Waals surface area contributed by atoms with E-state index in [-0.39, 0.29) is 0 Å². The van der Waals surface area contributed by atoms with Crippen LogP contribution in [-0.4, -0.2) is 16.7 Å². The number of carbonyl (C=O) groups excluding carboxylic acids is 1. The van der Waals surface area contributed by atoms with E-state index in [0.717, 1.165) is 4.60 Å². The predicted molar refractivity (Wildman–Crippen MR) is 62.8 cm³/mol. The molecule has 1 aromatic heterocycles. The minimum absolute atomic E-state index is 0.505. The molecule has 0 unspecified atom stereocenters. The van der Waals surface area contributed by atoms with Crippen molar-refractivity contribution in [3.63, 3.8) is 0 Å². The SMILES string of the molecule is CC(C)(C)OC(=O)NNc1nc(Br)cs1. The molecule has 7 heteroatoms. The molecule has 0 bridgehead atoms. The van der Waals surface area contributed by atoms with Crippen molar-refractivity contribution in [2.45, 2.75) is 26.4 Å². The third-order valence-corrected chi connectivity index (χ3v) is 2.61. The molecule has 0 saturated carbocycles. The molecule has 1 aromatic rings. The van der Waals surface area contributed by atoms with Gasteiger partial charge in [-0.2, -0.15) is 0 Å². The predicted octanol–water partition coefficient (Wildman–Crippen LogP) is 2.76. The van der Waals surface area contributed by atoms with E-state index in [4.69, 9.17) is 4.74 Å². The highest BCUT2D eigenvalue weighted by Gasteiger charge is 2.15. The van der Waals surface area contributed by atoms with Crippen molar-refractivity contribution >= 4 is 38.5 Å². The molecule has 15 heavy (non-hydrogen) atoms. The zero-order valence-electron chi connectivity index (χ0n) is 8.63. The van der Waals surface area contributed by atoms with Gasteiger partial charge in [0.05, 0.1) is 0 Å². The fraction of sp³-hybridized carbons (Fsp3) is 0.500. The summed E-state index contributed by atoms with van der Waals surface area (Å²) in [5.41, 5.74) is 4.52. The number of halogens is 1. The zero-order chi connectivity index (χ0) is 11.5. The number of nitrogens with one attached hydrogen (secondary N) is 2. The molecule has 0 fully saturated rings. The van der Waals surface area contributed by atoms with Gasteiger partial charge >= 0.3 is 6.09 Å². The number of hydrogen-bond donors (Lipinski definition) is 2. The minimum atomic E-state index is -0.533. The number of rotatable bonds is 2. The molecule has 0 spiro atoms. The largest absolute Gasteiger partial charge is 0.443 e. The maximum Gasteiger partial charge on any atom is 0.426 e. The summed E-state index contributed by atoms with van der Waals surface area (Å²) in [6.45, 7) is 5.39. The first-order valence-electron chi connectivity index (χ1n) is 4.23. The van der Waals surface area contributed by atoms with Crippen LogP contribution < -0.4 is 10.9 Å². The third-order valence-electron chi connectivity index (χ3n) is 1.15. The lowest BCUT2D eigenvalue weighted by Gasteiger charge is -2.19. The number of hydrazine groups is 1. The zero-order valence-corrected chi connectivity index (χ0v) is 11.0. The number of carbonyl (C=O) groups is 1. The quantitative estimate of drug-likeness (QED) is 0.823. The topological polar surface area (TPSA) is 63.2 Å². The van der Waals surface area contributed by atoms with E-state index >= 15 is 0 Å². The Balaban J connectivity index is 2.35. The highest BCUT2D eigenvalue weighted by Crippen LogP contribution is 2.18. The molecule has 1 amide bonds. The summed E-state index contributed by atoms with van der Waals surface area (Å²) >= 11 is 4.57. The molecular weight excluding hydrogens is 282 g/mol. The van der Waals surface area contributed by atoms with Crippen LogP contribution in [0.3, 0.4) is 0 Å². The van der Waals surface area contributed by atoms with E-state index in [1.807, 2.05) is 0 Å². The second-order valence-corrected chi connectivity index (χ2v) is 5.40. The molecule has 1 heterocycles. The van der Waals surface area contributed by atoms with E-state index < -0.39 is 11.7 Å². The van der Waals surface area contributed by atoms with Crippen LogP contribution in [0.25, 0.3) is 0 Å². The Morgan fingerprint density at radius 1 is 1.60 bits per heavy atom. The number of nitrogens with zero attached hydrogens (tertiary/aromatic N) is 1. The maximum absolute atomic E-state index is 11.2. The highest BCUT2D eigenvalue weighted by molar-refractivity contribution is 9.10. The Hall–Kier alpha value is -0.820. The lowest BCUT2D eigenvalue weighted by Crippen LogP contribution is -2.35. The van der Waals surface area contributed by atoms with Crippen LogP contribution in [-0.2, 0) is 4.74 Å². The molecule has 0 radical (unpaired) electrons. The Kier molecular flexibility index (Phi) is 3.92. The summed E-state index contributed by atoms with van der Waals surface area (Å²) < 4.78 is 5.74. The molecule has 0 aliphatic rings. The van der Waals surface area contributed by atoms with Gasteiger partial charge in [-0.15, -0.1) is 11.3 Å². The average Bonchev–Trinajstić information content (AvgIpc) is 2.45. The molecule has 0 aliphatic heterocycles. The van der Waals surface area contributed by atoms with Crippen molar-refractivity contribution in [2.24, 2.45) is 0 Å². The van der Waals surface area contributed by atoms with E-state index in [1.54, 1.807) is 26.2 Å². The van der Waals surface area contributed by atoms with Gasteiger partial charge in [-0.05, 0) is 36.7 Å². The first-order chi connectivity index (χ1) is 6.87. The lowest BCUT2D eigenvalue weighted by molar-refractivity contribution is 0.0541. The monoisotopic (exact) mass is 293 g/mol. The Morgan fingerprint density at radius 3 is 2.73 bits per heavy atom. The van der Waals surface area contributed by atoms with E-state index in [1.165, 1.54) is 11.3 Å². The summed E-state index contributed by atoms with van der Waals surface area (Å²) in [4.78, 5) is 15.2. The van der Waals surface area contributed by atoms with E-state index in [0.29, 0.717) is 5.13 Å². The van der Waals surface area contributed by atoms with Crippen molar-refractivity contribution in [2.75, 3.05) is 5.43 Å². The minimum Gasteiger partial charge on any atom is -0.443 e. The fourth-order valence-electron chi connectivity index (χ4n) is 0.720. The van der Waals surface area contributed by atoms with Crippen LogP contribution in [0.4, 0.5) is 9.93 Å². The first kappa shape index (κ1) is 12.3. The van der Waals surface area contributed by atoms with Gasteiger partial charge in [0.2, 0.25) is 5.13 Å². The maximum atomic E-state index is 11.2. The number of amides is 1. The third kappa shape index (κ3) is 4.98. The molecule has 0 atom stereocenters. The van der Waals surface area contributed by atoms with Crippen molar-refractivity contribution in [1.29, 1.82) is 0 Å². The summed E-state index contributed by atoms with van der Waals surface area (Å²) in [5, 5.41) is 2.40. The van der Waals surface area contributed by atoms with Gasteiger partial charge in [0.15, 0.2) is 0 Å². The van der Waals surface area contributed by atoms with Gasteiger partial charge < -0.3 is 4.74 Å². The second kappa shape index (κ2) is 4.80. The van der Waals surface area contributed by atoms with Crippen LogP contribution in [0.5, 0.6) is 0 Å². The van der Waals surface area contributed by atoms with Gasteiger partial charge in [0.1, 0.15) is 10.2 Å². The average molecular weight is 294 g/mol. The number of thiazole rings is 1. The number of anilines is 1. The summed E-state index contributed by atoms with van der Waals surface area (Å²) in [6, 6.07) is 0. The summed E-state index contributed by atoms with van der Waals surface area (Å²) in [6.07, 6.45) is -0.533.